The van der Waals surface area contributed by atoms with E-state index in [-0.39, 0.29) is 23.1 Å². The van der Waals surface area contributed by atoms with Gasteiger partial charge in [-0.3, -0.25) is 0 Å². The van der Waals surface area contributed by atoms with Crippen molar-refractivity contribution in [3.8, 4) is 0 Å². The smallest absolute Gasteiger partial charge is 0.344 e. The molecule has 0 bridgehead atoms. The van der Waals surface area contributed by atoms with Crippen LogP contribution in [-0.4, -0.2) is 23.1 Å². The van der Waals surface area contributed by atoms with Gasteiger partial charge in [-0.2, -0.15) is 19.3 Å². The van der Waals surface area contributed by atoms with Gasteiger partial charge in [0.25, 0.3) is 0 Å². The Morgan fingerprint density at radius 3 is 1.78 bits per heavy atom. The molecular formula is C8H16Mg. The van der Waals surface area contributed by atoms with Gasteiger partial charge in [0.05, 0.1) is 0 Å². The first-order chi connectivity index (χ1) is 3.91. The molecule has 0 amide bonds. The summed E-state index contributed by atoms with van der Waals surface area (Å²) in [5, 5.41) is 0. The van der Waals surface area contributed by atoms with E-state index in [1.165, 1.54) is 25.7 Å². The molecular weight excluding hydrogens is 120 g/mol. The first kappa shape index (κ1) is 12.4. The second-order valence-electron chi connectivity index (χ2n) is 2.07. The third-order valence-electron chi connectivity index (χ3n) is 1.07. The Bertz CT molecular complexity index is 23.9. The SMILES string of the molecule is [CH-]1CCCC1.[CH2-]CC.[Mg+2]. The van der Waals surface area contributed by atoms with Crippen molar-refractivity contribution in [3.63, 3.8) is 0 Å². The fourth-order valence-corrected chi connectivity index (χ4v) is 0.722. The molecule has 1 aliphatic rings. The molecule has 0 nitrogen and oxygen atoms in total. The number of hydrogen-bond donors (Lipinski definition) is 0. The minimum absolute atomic E-state index is 0. The summed E-state index contributed by atoms with van der Waals surface area (Å²) in [5.74, 6) is 0. The van der Waals surface area contributed by atoms with Gasteiger partial charge in [0.1, 0.15) is 0 Å². The van der Waals surface area contributed by atoms with Crippen molar-refractivity contribution in [2.75, 3.05) is 0 Å². The Morgan fingerprint density at radius 2 is 1.67 bits per heavy atom. The van der Waals surface area contributed by atoms with Crippen molar-refractivity contribution in [1.29, 1.82) is 0 Å². The Hall–Kier alpha value is 0.766. The summed E-state index contributed by atoms with van der Waals surface area (Å²) < 4.78 is 0. The molecule has 0 aromatic carbocycles. The Balaban J connectivity index is 0. The van der Waals surface area contributed by atoms with Gasteiger partial charge in [0, 0.05) is 0 Å². The van der Waals surface area contributed by atoms with Gasteiger partial charge in [-0.25, -0.2) is 0 Å². The predicted molar refractivity (Wildman–Crippen MR) is 44.2 cm³/mol. The zero-order chi connectivity index (χ0) is 6.24. The minimum atomic E-state index is 0. The molecule has 0 atom stereocenters. The van der Waals surface area contributed by atoms with Crippen LogP contribution in [0, 0.1) is 13.3 Å². The van der Waals surface area contributed by atoms with E-state index in [4.69, 9.17) is 0 Å². The summed E-state index contributed by atoms with van der Waals surface area (Å²) in [6, 6.07) is 0. The fraction of sp³-hybridized carbons (Fsp3) is 0.750. The van der Waals surface area contributed by atoms with E-state index in [0.29, 0.717) is 0 Å². The zero-order valence-corrected chi connectivity index (χ0v) is 7.94. The van der Waals surface area contributed by atoms with Gasteiger partial charge in [-0.05, 0) is 0 Å². The molecule has 0 saturated heterocycles. The number of hydrogen-bond acceptors (Lipinski definition) is 0. The van der Waals surface area contributed by atoms with Crippen molar-refractivity contribution in [2.24, 2.45) is 0 Å². The second-order valence-corrected chi connectivity index (χ2v) is 2.07. The summed E-state index contributed by atoms with van der Waals surface area (Å²) in [6.07, 6.45) is 9.00. The average molecular weight is 137 g/mol. The Kier molecular flexibility index (Phi) is 16.0. The molecule has 1 fully saturated rings. The maximum absolute atomic E-state index is 3.49. The van der Waals surface area contributed by atoms with Crippen LogP contribution in [0.15, 0.2) is 0 Å². The van der Waals surface area contributed by atoms with E-state index in [2.05, 4.69) is 13.3 Å². The van der Waals surface area contributed by atoms with Gasteiger partial charge in [-0.15, -0.1) is 0 Å². The normalized spacial score (nSPS) is 15.3. The van der Waals surface area contributed by atoms with Crippen LogP contribution in [0.2, 0.25) is 0 Å². The van der Waals surface area contributed by atoms with Gasteiger partial charge in [-0.1, -0.05) is 19.8 Å². The largest absolute Gasteiger partial charge is 2.00 e. The second kappa shape index (κ2) is 11.5. The van der Waals surface area contributed by atoms with Crippen LogP contribution >= 0.6 is 0 Å². The van der Waals surface area contributed by atoms with Crippen molar-refractivity contribution in [1.82, 2.24) is 0 Å². The molecule has 50 valence electrons. The first-order valence-electron chi connectivity index (χ1n) is 3.52. The third kappa shape index (κ3) is 12.1. The predicted octanol–water partition coefficient (Wildman–Crippen LogP) is 2.61. The van der Waals surface area contributed by atoms with Crippen LogP contribution < -0.4 is 0 Å². The summed E-state index contributed by atoms with van der Waals surface area (Å²) in [5.41, 5.74) is 0. The van der Waals surface area contributed by atoms with Crippen molar-refractivity contribution < 1.29 is 0 Å². The summed E-state index contributed by atoms with van der Waals surface area (Å²) >= 11 is 0. The molecule has 1 heteroatoms. The molecule has 0 aliphatic heterocycles. The van der Waals surface area contributed by atoms with E-state index < -0.39 is 0 Å². The minimum Gasteiger partial charge on any atom is -0.344 e. The van der Waals surface area contributed by atoms with E-state index in [0.717, 1.165) is 6.42 Å². The molecule has 1 aliphatic carbocycles. The topological polar surface area (TPSA) is 0 Å². The van der Waals surface area contributed by atoms with Gasteiger partial charge < -0.3 is 13.3 Å². The molecule has 0 radical (unpaired) electrons. The molecule has 0 aromatic heterocycles. The quantitative estimate of drug-likeness (QED) is 0.355. The molecule has 0 N–H and O–H groups in total. The molecule has 1 saturated carbocycles. The Labute approximate surface area is 75.6 Å². The van der Waals surface area contributed by atoms with Crippen LogP contribution in [0.25, 0.3) is 0 Å². The summed E-state index contributed by atoms with van der Waals surface area (Å²) in [6.45, 7) is 5.50. The zero-order valence-electron chi connectivity index (χ0n) is 6.53. The van der Waals surface area contributed by atoms with Gasteiger partial charge >= 0.3 is 23.1 Å². The van der Waals surface area contributed by atoms with Crippen LogP contribution in [0.5, 0.6) is 0 Å². The third-order valence-corrected chi connectivity index (χ3v) is 1.07. The molecule has 0 spiro atoms. The van der Waals surface area contributed by atoms with Gasteiger partial charge in [0.15, 0.2) is 0 Å². The van der Waals surface area contributed by atoms with Crippen LogP contribution in [0.1, 0.15) is 39.0 Å². The maximum Gasteiger partial charge on any atom is 2.00 e. The standard InChI is InChI=1S/C5H9.C3H7.Mg/c1-2-4-5-3-1;1-3-2;/h1H,2-5H2;1,3H2,2H3;/q2*-1;+2. The molecule has 0 heterocycles. The van der Waals surface area contributed by atoms with Crippen LogP contribution in [-0.2, 0) is 0 Å². The van der Waals surface area contributed by atoms with Crippen molar-refractivity contribution >= 4 is 23.1 Å². The van der Waals surface area contributed by atoms with E-state index in [1.807, 2.05) is 6.92 Å². The van der Waals surface area contributed by atoms with Crippen LogP contribution in [0.4, 0.5) is 0 Å². The van der Waals surface area contributed by atoms with E-state index >= 15 is 0 Å². The van der Waals surface area contributed by atoms with E-state index in [9.17, 15) is 0 Å². The maximum atomic E-state index is 3.49. The van der Waals surface area contributed by atoms with Crippen molar-refractivity contribution in [2.45, 2.75) is 39.0 Å². The van der Waals surface area contributed by atoms with Crippen molar-refractivity contribution in [3.05, 3.63) is 13.3 Å². The van der Waals surface area contributed by atoms with E-state index in [1.54, 1.807) is 0 Å². The average Bonchev–Trinajstić information content (AvgIpc) is 2.17. The first-order valence-corrected chi connectivity index (χ1v) is 3.52. The fourth-order valence-electron chi connectivity index (χ4n) is 0.722. The van der Waals surface area contributed by atoms with Gasteiger partial charge in [0.2, 0.25) is 0 Å². The molecule has 0 aromatic rings. The summed E-state index contributed by atoms with van der Waals surface area (Å²) in [7, 11) is 0. The molecule has 9 heavy (non-hydrogen) atoms. The Morgan fingerprint density at radius 1 is 1.33 bits per heavy atom. The monoisotopic (exact) mass is 136 g/mol. The summed E-state index contributed by atoms with van der Waals surface area (Å²) in [4.78, 5) is 0. The number of rotatable bonds is 0. The molecule has 0 unspecified atom stereocenters. The molecule has 1 rings (SSSR count). The van der Waals surface area contributed by atoms with Crippen LogP contribution in [0.3, 0.4) is 0 Å².